The Labute approximate surface area is 211 Å². The molecule has 1 aromatic rings. The molecule has 2 aliphatic rings. The summed E-state index contributed by atoms with van der Waals surface area (Å²) in [5.41, 5.74) is 0. The summed E-state index contributed by atoms with van der Waals surface area (Å²) in [5, 5.41) is 2.60. The van der Waals surface area contributed by atoms with Gasteiger partial charge in [-0.3, -0.25) is 14.4 Å². The lowest BCUT2D eigenvalue weighted by atomic mass is 9.90. The minimum atomic E-state index is -1.73. The SMILES string of the molecule is COC(=O)[C@]1(Sc2ccccc2)C[C@@H]2OC(=O)N[C@H]2[C@H]([C@H](OC(C)=O)[C@@H](COC(C)=O)OC(C)=O)O1. The van der Waals surface area contributed by atoms with E-state index in [-0.39, 0.29) is 6.42 Å². The molecular weight excluding hydrogens is 498 g/mol. The second-order valence-corrected chi connectivity index (χ2v) is 9.42. The number of fused-ring (bicyclic) bond motifs is 1. The third-order valence-electron chi connectivity index (χ3n) is 5.38. The molecule has 0 bridgehead atoms. The number of rotatable bonds is 9. The molecule has 0 aliphatic carbocycles. The third kappa shape index (κ3) is 6.46. The van der Waals surface area contributed by atoms with Crippen LogP contribution in [0.5, 0.6) is 0 Å². The topological polar surface area (TPSA) is 153 Å². The first-order valence-electron chi connectivity index (χ1n) is 11.0. The Morgan fingerprint density at radius 1 is 1.08 bits per heavy atom. The smallest absolute Gasteiger partial charge is 0.407 e. The van der Waals surface area contributed by atoms with Gasteiger partial charge in [-0.1, -0.05) is 30.0 Å². The second-order valence-electron chi connectivity index (χ2n) is 8.08. The van der Waals surface area contributed by atoms with Gasteiger partial charge in [-0.15, -0.1) is 0 Å². The standard InChI is InChI=1S/C23H27NO11S/c1-12(25)31-11-17(32-13(2)26)19(33-14(3)27)20-18-16(34-22(29)24-18)10-23(35-20,21(28)30-4)36-15-8-6-5-7-9-15/h5-9,16-20H,10-11H2,1-4H3,(H,24,29)/t16-,17+,18+,19+,20+,23+/m0/s1. The number of carbonyl (C=O) groups excluding carboxylic acids is 5. The summed E-state index contributed by atoms with van der Waals surface area (Å²) in [7, 11) is 1.19. The summed E-state index contributed by atoms with van der Waals surface area (Å²) in [6.07, 6.45) is -5.75. The first-order valence-corrected chi connectivity index (χ1v) is 11.8. The number of esters is 4. The van der Waals surface area contributed by atoms with Crippen molar-refractivity contribution in [3.63, 3.8) is 0 Å². The Hall–Kier alpha value is -3.32. The van der Waals surface area contributed by atoms with Gasteiger partial charge in [0.1, 0.15) is 18.8 Å². The van der Waals surface area contributed by atoms with Crippen molar-refractivity contribution in [3.05, 3.63) is 30.3 Å². The molecule has 6 atom stereocenters. The average molecular weight is 526 g/mol. The number of amides is 1. The molecule has 1 aromatic carbocycles. The van der Waals surface area contributed by atoms with Crippen LogP contribution in [-0.4, -0.2) is 79.1 Å². The Kier molecular flexibility index (Phi) is 8.79. The molecule has 2 aliphatic heterocycles. The van der Waals surface area contributed by atoms with E-state index in [2.05, 4.69) is 5.32 Å². The molecule has 1 amide bonds. The zero-order valence-corrected chi connectivity index (χ0v) is 20.9. The number of thioether (sulfide) groups is 1. The van der Waals surface area contributed by atoms with Crippen molar-refractivity contribution in [3.8, 4) is 0 Å². The van der Waals surface area contributed by atoms with E-state index in [1.54, 1.807) is 30.3 Å². The van der Waals surface area contributed by atoms with Gasteiger partial charge in [0.2, 0.25) is 4.93 Å². The maximum Gasteiger partial charge on any atom is 0.407 e. The molecule has 2 fully saturated rings. The average Bonchev–Trinajstić information content (AvgIpc) is 3.19. The van der Waals surface area contributed by atoms with Crippen molar-refractivity contribution in [2.24, 2.45) is 0 Å². The van der Waals surface area contributed by atoms with Gasteiger partial charge in [0.15, 0.2) is 12.2 Å². The summed E-state index contributed by atoms with van der Waals surface area (Å²) in [4.78, 5) is 59.7. The third-order valence-corrected chi connectivity index (χ3v) is 6.64. The Morgan fingerprint density at radius 3 is 2.33 bits per heavy atom. The lowest BCUT2D eigenvalue weighted by Gasteiger charge is -2.45. The van der Waals surface area contributed by atoms with E-state index in [0.717, 1.165) is 32.5 Å². The van der Waals surface area contributed by atoms with Crippen LogP contribution in [0.15, 0.2) is 35.2 Å². The number of hydrogen-bond acceptors (Lipinski definition) is 12. The first kappa shape index (κ1) is 27.3. The number of ether oxygens (including phenoxy) is 6. The van der Waals surface area contributed by atoms with Gasteiger partial charge < -0.3 is 33.7 Å². The van der Waals surface area contributed by atoms with Gasteiger partial charge in [-0.2, -0.15) is 0 Å². The molecule has 12 nitrogen and oxygen atoms in total. The highest BCUT2D eigenvalue weighted by molar-refractivity contribution is 8.01. The van der Waals surface area contributed by atoms with Crippen LogP contribution in [0.3, 0.4) is 0 Å². The van der Waals surface area contributed by atoms with Crippen molar-refractivity contribution < 1.29 is 52.4 Å². The van der Waals surface area contributed by atoms with Crippen LogP contribution in [0.2, 0.25) is 0 Å². The lowest BCUT2D eigenvalue weighted by molar-refractivity contribution is -0.214. The fourth-order valence-corrected chi connectivity index (χ4v) is 5.29. The summed E-state index contributed by atoms with van der Waals surface area (Å²) in [6.45, 7) is 2.93. The molecule has 0 radical (unpaired) electrons. The second kappa shape index (κ2) is 11.6. The predicted octanol–water partition coefficient (Wildman–Crippen LogP) is 1.34. The van der Waals surface area contributed by atoms with Crippen molar-refractivity contribution in [1.29, 1.82) is 0 Å². The van der Waals surface area contributed by atoms with Crippen molar-refractivity contribution in [2.75, 3.05) is 13.7 Å². The van der Waals surface area contributed by atoms with Gasteiger partial charge in [-0.05, 0) is 12.1 Å². The molecule has 196 valence electrons. The van der Waals surface area contributed by atoms with Gasteiger partial charge >= 0.3 is 30.0 Å². The lowest BCUT2D eigenvalue weighted by Crippen LogP contribution is -2.64. The molecule has 0 aromatic heterocycles. The van der Waals surface area contributed by atoms with Crippen LogP contribution in [0.1, 0.15) is 27.2 Å². The van der Waals surface area contributed by atoms with Gasteiger partial charge in [-0.25, -0.2) is 9.59 Å². The number of benzene rings is 1. The van der Waals surface area contributed by atoms with Gasteiger partial charge in [0, 0.05) is 32.1 Å². The van der Waals surface area contributed by atoms with Crippen molar-refractivity contribution in [1.82, 2.24) is 5.32 Å². The number of carbonyl (C=O) groups is 5. The van der Waals surface area contributed by atoms with Crippen molar-refractivity contribution in [2.45, 2.75) is 67.5 Å². The van der Waals surface area contributed by atoms with E-state index in [9.17, 15) is 24.0 Å². The fraction of sp³-hybridized carbons (Fsp3) is 0.522. The van der Waals surface area contributed by atoms with Crippen LogP contribution in [0.25, 0.3) is 0 Å². The first-order chi connectivity index (χ1) is 17.0. The van der Waals surface area contributed by atoms with Crippen LogP contribution in [0.4, 0.5) is 4.79 Å². The molecule has 0 spiro atoms. The summed E-state index contributed by atoms with van der Waals surface area (Å²) >= 11 is 1.03. The zero-order valence-electron chi connectivity index (χ0n) is 20.1. The summed E-state index contributed by atoms with van der Waals surface area (Å²) in [6, 6.07) is 7.95. The molecule has 3 rings (SSSR count). The largest absolute Gasteiger partial charge is 0.466 e. The van der Waals surface area contributed by atoms with Crippen LogP contribution in [-0.2, 0) is 47.6 Å². The highest BCUT2D eigenvalue weighted by Crippen LogP contribution is 2.46. The Balaban J connectivity index is 2.07. The van der Waals surface area contributed by atoms with E-state index >= 15 is 0 Å². The number of methoxy groups -OCH3 is 1. The van der Waals surface area contributed by atoms with Crippen LogP contribution >= 0.6 is 11.8 Å². The normalized spacial score (nSPS) is 26.3. The number of nitrogens with one attached hydrogen (secondary N) is 1. The molecular formula is C23H27NO11S. The molecule has 36 heavy (non-hydrogen) atoms. The predicted molar refractivity (Wildman–Crippen MR) is 121 cm³/mol. The number of alkyl carbamates (subject to hydrolysis) is 1. The molecule has 13 heteroatoms. The summed E-state index contributed by atoms with van der Waals surface area (Å²) in [5.74, 6) is -2.96. The zero-order chi connectivity index (χ0) is 26.5. The Bertz CT molecular complexity index is 1000. The van der Waals surface area contributed by atoms with E-state index in [0.29, 0.717) is 4.90 Å². The molecule has 0 unspecified atom stereocenters. The van der Waals surface area contributed by atoms with Crippen LogP contribution in [0, 0.1) is 0 Å². The van der Waals surface area contributed by atoms with Gasteiger partial charge in [0.05, 0.1) is 13.2 Å². The quantitative estimate of drug-likeness (QED) is 0.366. The molecule has 2 heterocycles. The minimum Gasteiger partial charge on any atom is -0.466 e. The highest BCUT2D eigenvalue weighted by atomic mass is 32.2. The summed E-state index contributed by atoms with van der Waals surface area (Å²) < 4.78 is 32.6. The Morgan fingerprint density at radius 2 is 1.75 bits per heavy atom. The molecule has 1 N–H and O–H groups in total. The molecule has 2 saturated heterocycles. The highest BCUT2D eigenvalue weighted by Gasteiger charge is 2.60. The maximum absolute atomic E-state index is 13.1. The van der Waals surface area contributed by atoms with E-state index < -0.39 is 72.0 Å². The maximum atomic E-state index is 13.1. The fourth-order valence-electron chi connectivity index (χ4n) is 4.04. The van der Waals surface area contributed by atoms with Gasteiger partial charge in [0.25, 0.3) is 0 Å². The van der Waals surface area contributed by atoms with Crippen molar-refractivity contribution >= 4 is 41.7 Å². The molecule has 0 saturated carbocycles. The number of hydrogen-bond donors (Lipinski definition) is 1. The van der Waals surface area contributed by atoms with E-state index in [1.165, 1.54) is 7.11 Å². The monoisotopic (exact) mass is 525 g/mol. The van der Waals surface area contributed by atoms with E-state index in [4.69, 9.17) is 28.4 Å². The van der Waals surface area contributed by atoms with Crippen LogP contribution < -0.4 is 5.32 Å². The minimum absolute atomic E-state index is 0.0892. The van der Waals surface area contributed by atoms with E-state index in [1.807, 2.05) is 0 Å².